The van der Waals surface area contributed by atoms with E-state index in [9.17, 15) is 14.4 Å². The van der Waals surface area contributed by atoms with Gasteiger partial charge in [0.1, 0.15) is 17.7 Å². The van der Waals surface area contributed by atoms with Crippen LogP contribution in [0.1, 0.15) is 52.9 Å². The number of nitrogens with zero attached hydrogens (tertiary/aromatic N) is 1. The molecule has 0 spiro atoms. The molecule has 1 aromatic carbocycles. The number of hydrogen-bond donors (Lipinski definition) is 2. The normalized spacial score (nSPS) is 19.0. The monoisotopic (exact) mass is 451 g/mol. The highest BCUT2D eigenvalue weighted by Gasteiger charge is 2.42. The van der Waals surface area contributed by atoms with E-state index in [1.54, 1.807) is 43.9 Å². The van der Waals surface area contributed by atoms with Crippen LogP contribution in [0, 0.1) is 0 Å². The zero-order valence-electron chi connectivity index (χ0n) is 18.3. The first-order valence-corrected chi connectivity index (χ1v) is 11.0. The number of rotatable bonds is 4. The number of amides is 3. The van der Waals surface area contributed by atoms with Crippen molar-refractivity contribution in [2.75, 3.05) is 30.0 Å². The van der Waals surface area contributed by atoms with Crippen molar-refractivity contribution in [1.29, 1.82) is 0 Å². The molecule has 0 radical (unpaired) electrons. The quantitative estimate of drug-likeness (QED) is 0.724. The second kappa shape index (κ2) is 9.44. The average molecular weight is 452 g/mol. The number of carbonyl (C=O) groups excluding carboxylic acids is 3. The minimum Gasteiger partial charge on any atom is -0.444 e. The van der Waals surface area contributed by atoms with E-state index in [0.29, 0.717) is 42.4 Å². The van der Waals surface area contributed by atoms with Crippen LogP contribution in [0.2, 0.25) is 5.02 Å². The number of ether oxygens (including phenoxy) is 2. The molecule has 1 aliphatic carbocycles. The largest absolute Gasteiger partial charge is 0.444 e. The predicted octanol–water partition coefficient (Wildman–Crippen LogP) is 3.87. The Morgan fingerprint density at radius 2 is 1.90 bits per heavy atom. The van der Waals surface area contributed by atoms with E-state index in [1.165, 1.54) is 0 Å². The van der Waals surface area contributed by atoms with Crippen molar-refractivity contribution in [2.45, 2.75) is 64.0 Å². The van der Waals surface area contributed by atoms with E-state index in [2.05, 4.69) is 10.6 Å². The number of anilines is 2. The molecule has 3 rings (SSSR count). The van der Waals surface area contributed by atoms with Crippen LogP contribution in [0.15, 0.2) is 18.2 Å². The molecule has 1 aliphatic heterocycles. The summed E-state index contributed by atoms with van der Waals surface area (Å²) in [7, 11) is 0. The molecular weight excluding hydrogens is 422 g/mol. The van der Waals surface area contributed by atoms with Crippen LogP contribution in [0.5, 0.6) is 0 Å². The minimum atomic E-state index is -1.04. The average Bonchev–Trinajstić information content (AvgIpc) is 2.68. The van der Waals surface area contributed by atoms with Gasteiger partial charge in [-0.05, 0) is 51.8 Å². The molecule has 1 heterocycles. The van der Waals surface area contributed by atoms with Crippen LogP contribution in [-0.2, 0) is 19.1 Å². The van der Waals surface area contributed by atoms with Crippen molar-refractivity contribution in [3.63, 3.8) is 0 Å². The second-order valence-electron chi connectivity index (χ2n) is 8.99. The Morgan fingerprint density at radius 3 is 2.52 bits per heavy atom. The molecule has 3 amide bonds. The summed E-state index contributed by atoms with van der Waals surface area (Å²) in [4.78, 5) is 39.3. The van der Waals surface area contributed by atoms with Gasteiger partial charge in [0, 0.05) is 12.2 Å². The lowest BCUT2D eigenvalue weighted by Gasteiger charge is -2.37. The smallest absolute Gasteiger partial charge is 0.408 e. The fourth-order valence-corrected chi connectivity index (χ4v) is 4.17. The summed E-state index contributed by atoms with van der Waals surface area (Å²) in [6, 6.07) is 5.02. The first-order chi connectivity index (χ1) is 14.6. The molecular formula is C22H30ClN3O5. The molecule has 8 nitrogen and oxygen atoms in total. The Kier molecular flexibility index (Phi) is 7.11. The maximum atomic E-state index is 13.2. The van der Waals surface area contributed by atoms with Crippen LogP contribution < -0.4 is 15.5 Å². The van der Waals surface area contributed by atoms with E-state index in [0.717, 1.165) is 19.3 Å². The highest BCUT2D eigenvalue weighted by Crippen LogP contribution is 2.33. The van der Waals surface area contributed by atoms with Crippen LogP contribution in [0.25, 0.3) is 0 Å². The lowest BCUT2D eigenvalue weighted by atomic mass is 9.81. The fourth-order valence-electron chi connectivity index (χ4n) is 3.89. The number of alkyl carbamates (subject to hydrolysis) is 1. The number of halogens is 1. The summed E-state index contributed by atoms with van der Waals surface area (Å²) in [5, 5.41) is 6.05. The molecule has 2 fully saturated rings. The van der Waals surface area contributed by atoms with Gasteiger partial charge in [-0.1, -0.05) is 30.9 Å². The summed E-state index contributed by atoms with van der Waals surface area (Å²) in [6.07, 6.45) is 3.14. The maximum Gasteiger partial charge on any atom is 0.408 e. The Balaban J connectivity index is 1.74. The number of hydrogen-bond acceptors (Lipinski definition) is 5. The van der Waals surface area contributed by atoms with Crippen molar-refractivity contribution in [1.82, 2.24) is 5.32 Å². The Morgan fingerprint density at radius 1 is 1.19 bits per heavy atom. The summed E-state index contributed by atoms with van der Waals surface area (Å²) < 4.78 is 10.5. The van der Waals surface area contributed by atoms with E-state index >= 15 is 0 Å². The first kappa shape index (κ1) is 23.3. The van der Waals surface area contributed by atoms with Crippen molar-refractivity contribution < 1.29 is 23.9 Å². The van der Waals surface area contributed by atoms with Gasteiger partial charge >= 0.3 is 6.09 Å². The molecule has 9 heteroatoms. The van der Waals surface area contributed by atoms with Crippen molar-refractivity contribution in [2.24, 2.45) is 0 Å². The van der Waals surface area contributed by atoms with Gasteiger partial charge in [-0.25, -0.2) is 4.79 Å². The molecule has 1 saturated carbocycles. The SMILES string of the molecule is CC(C)(C)OC(=O)NC1(C(=O)Nc2ccc(N3CCOCC3=O)c(Cl)c2)CCCCC1. The topological polar surface area (TPSA) is 97.0 Å². The van der Waals surface area contributed by atoms with Crippen LogP contribution in [0.4, 0.5) is 16.2 Å². The Bertz CT molecular complexity index is 846. The Hall–Kier alpha value is -2.32. The van der Waals surface area contributed by atoms with E-state index in [4.69, 9.17) is 21.1 Å². The fraction of sp³-hybridized carbons (Fsp3) is 0.591. The lowest BCUT2D eigenvalue weighted by Crippen LogP contribution is -2.58. The third-order valence-corrected chi connectivity index (χ3v) is 5.67. The van der Waals surface area contributed by atoms with Gasteiger partial charge in [0.15, 0.2) is 0 Å². The van der Waals surface area contributed by atoms with E-state index in [1.807, 2.05) is 0 Å². The molecule has 0 aromatic heterocycles. The Labute approximate surface area is 187 Å². The molecule has 31 heavy (non-hydrogen) atoms. The molecule has 2 N–H and O–H groups in total. The second-order valence-corrected chi connectivity index (χ2v) is 9.40. The summed E-state index contributed by atoms with van der Waals surface area (Å²) >= 11 is 6.41. The van der Waals surface area contributed by atoms with Crippen LogP contribution in [0.3, 0.4) is 0 Å². The minimum absolute atomic E-state index is 0.0215. The van der Waals surface area contributed by atoms with Gasteiger partial charge in [-0.2, -0.15) is 0 Å². The van der Waals surface area contributed by atoms with Crippen molar-refractivity contribution in [3.8, 4) is 0 Å². The zero-order chi connectivity index (χ0) is 22.6. The van der Waals surface area contributed by atoms with Gasteiger partial charge in [0.2, 0.25) is 5.91 Å². The van der Waals surface area contributed by atoms with Crippen molar-refractivity contribution in [3.05, 3.63) is 23.2 Å². The third kappa shape index (κ3) is 5.89. The molecule has 0 unspecified atom stereocenters. The molecule has 2 aliphatic rings. The van der Waals surface area contributed by atoms with E-state index < -0.39 is 17.2 Å². The highest BCUT2D eigenvalue weighted by molar-refractivity contribution is 6.34. The third-order valence-electron chi connectivity index (χ3n) is 5.36. The predicted molar refractivity (Wildman–Crippen MR) is 118 cm³/mol. The molecule has 1 saturated heterocycles. The van der Waals surface area contributed by atoms with E-state index in [-0.39, 0.29) is 18.4 Å². The van der Waals surface area contributed by atoms with Crippen LogP contribution in [-0.4, -0.2) is 48.8 Å². The summed E-state index contributed by atoms with van der Waals surface area (Å²) in [5.74, 6) is -0.461. The van der Waals surface area contributed by atoms with Crippen molar-refractivity contribution >= 4 is 40.9 Å². The number of carbonyl (C=O) groups is 3. The molecule has 170 valence electrons. The standard InChI is InChI=1S/C22H30ClN3O5/c1-21(2,3)31-20(29)25-22(9-5-4-6-10-22)19(28)24-15-7-8-17(16(23)13-15)26-11-12-30-14-18(26)27/h7-8,13H,4-6,9-12,14H2,1-3H3,(H,24,28)(H,25,29). The zero-order valence-corrected chi connectivity index (χ0v) is 19.0. The van der Waals surface area contributed by atoms with Gasteiger partial charge in [0.25, 0.3) is 5.91 Å². The van der Waals surface area contributed by atoms with Crippen LogP contribution >= 0.6 is 11.6 Å². The van der Waals surface area contributed by atoms with Gasteiger partial charge in [0.05, 0.1) is 17.3 Å². The van der Waals surface area contributed by atoms with Gasteiger partial charge in [-0.15, -0.1) is 0 Å². The number of benzene rings is 1. The molecule has 0 bridgehead atoms. The first-order valence-electron chi connectivity index (χ1n) is 10.6. The highest BCUT2D eigenvalue weighted by atomic mass is 35.5. The summed E-state index contributed by atoms with van der Waals surface area (Å²) in [6.45, 7) is 6.23. The van der Waals surface area contributed by atoms with Gasteiger partial charge in [-0.3, -0.25) is 9.59 Å². The number of nitrogens with one attached hydrogen (secondary N) is 2. The van der Waals surface area contributed by atoms with Gasteiger partial charge < -0.3 is 25.0 Å². The molecule has 0 atom stereocenters. The summed E-state index contributed by atoms with van der Waals surface area (Å²) in [5.41, 5.74) is -0.620. The lowest BCUT2D eigenvalue weighted by molar-refractivity contribution is -0.125. The molecule has 1 aromatic rings. The maximum absolute atomic E-state index is 13.2. The number of morpholine rings is 1.